The first-order valence-corrected chi connectivity index (χ1v) is 9.73. The first kappa shape index (κ1) is 16.7. The number of rotatable bonds is 3. The summed E-state index contributed by atoms with van der Waals surface area (Å²) in [6.07, 6.45) is -4.75. The van der Waals surface area contributed by atoms with Crippen LogP contribution in [0, 0.1) is 5.92 Å². The van der Waals surface area contributed by atoms with Crippen molar-refractivity contribution in [2.45, 2.75) is 31.2 Å². The van der Waals surface area contributed by atoms with Crippen molar-refractivity contribution in [2.75, 3.05) is 6.61 Å². The molecule has 18 heavy (non-hydrogen) atoms. The van der Waals surface area contributed by atoms with Crippen molar-refractivity contribution in [2.24, 2.45) is 5.92 Å². The second-order valence-electron chi connectivity index (χ2n) is 3.92. The van der Waals surface area contributed by atoms with E-state index >= 15 is 0 Å². The Kier molecular flexibility index (Phi) is 6.43. The van der Waals surface area contributed by atoms with E-state index in [1.165, 1.54) is 0 Å². The molecular formula is C8H11F3INO3PS-. The van der Waals surface area contributed by atoms with Crippen molar-refractivity contribution in [1.82, 2.24) is 5.32 Å². The van der Waals surface area contributed by atoms with Gasteiger partial charge in [-0.3, -0.25) is 0 Å². The fourth-order valence-corrected chi connectivity index (χ4v) is 3.45. The maximum atomic E-state index is 12.1. The molecular weight excluding hydrogens is 405 g/mol. The Morgan fingerprint density at radius 3 is 2.61 bits per heavy atom. The van der Waals surface area contributed by atoms with E-state index < -0.39 is 25.4 Å². The van der Waals surface area contributed by atoms with Crippen LogP contribution in [0.5, 0.6) is 0 Å². The molecule has 1 amide bonds. The van der Waals surface area contributed by atoms with E-state index in [2.05, 4.69) is 7.81 Å². The molecule has 3 atom stereocenters. The van der Waals surface area contributed by atoms with Crippen LogP contribution in [0.2, 0.25) is 0 Å². The molecule has 1 aliphatic carbocycles. The van der Waals surface area contributed by atoms with E-state index in [1.54, 1.807) is 0 Å². The molecule has 0 aromatic carbocycles. The molecule has 2 N–H and O–H groups in total. The minimum absolute atomic E-state index is 0.190. The van der Waals surface area contributed by atoms with Gasteiger partial charge in [0.25, 0.3) is 0 Å². The monoisotopic (exact) mass is 416 g/mol. The summed E-state index contributed by atoms with van der Waals surface area (Å²) >= 11 is 1.92. The number of nitrogens with one attached hydrogen (secondary N) is 1. The predicted octanol–water partition coefficient (Wildman–Crippen LogP) is 2.03. The van der Waals surface area contributed by atoms with Crippen LogP contribution in [0.25, 0.3) is 0 Å². The Morgan fingerprint density at radius 2 is 2.17 bits per heavy atom. The van der Waals surface area contributed by atoms with Crippen molar-refractivity contribution in [3.05, 3.63) is 0 Å². The Bertz CT molecular complexity index is 386. The first-order valence-electron chi connectivity index (χ1n) is 4.99. The number of carbonyl (C=O) groups is 1. The molecule has 1 aliphatic rings. The molecule has 106 valence electrons. The van der Waals surface area contributed by atoms with Gasteiger partial charge in [0.1, 0.15) is 0 Å². The number of hydrogen-bond donors (Lipinski definition) is 2. The van der Waals surface area contributed by atoms with Crippen LogP contribution in [0.15, 0.2) is 0 Å². The Hall–Kier alpha value is 0.690. The Morgan fingerprint density at radius 1 is 1.56 bits per heavy atom. The summed E-state index contributed by atoms with van der Waals surface area (Å²) in [5, 5.41) is 11.0. The quantitative estimate of drug-likeness (QED) is 0.421. The van der Waals surface area contributed by atoms with Crippen molar-refractivity contribution in [3.8, 4) is 0 Å². The Labute approximate surface area is 118 Å². The van der Waals surface area contributed by atoms with Crippen molar-refractivity contribution >= 4 is 42.3 Å². The number of amides is 1. The number of alkyl halides is 3. The number of aliphatic hydroxyl groups excluding tert-OH is 1. The van der Waals surface area contributed by atoms with Gasteiger partial charge in [-0.1, -0.05) is 0 Å². The van der Waals surface area contributed by atoms with E-state index in [-0.39, 0.29) is 31.5 Å². The van der Waals surface area contributed by atoms with Gasteiger partial charge in [0, 0.05) is 0 Å². The van der Waals surface area contributed by atoms with Gasteiger partial charge < -0.3 is 0 Å². The predicted molar refractivity (Wildman–Crippen MR) is 71.0 cm³/mol. The molecule has 0 saturated heterocycles. The van der Waals surface area contributed by atoms with Crippen molar-refractivity contribution < 1.29 is 27.3 Å². The number of aliphatic hydroxyl groups is 1. The van der Waals surface area contributed by atoms with Gasteiger partial charge in [-0.25, -0.2) is 0 Å². The van der Waals surface area contributed by atoms with Crippen molar-refractivity contribution in [1.29, 1.82) is 0 Å². The van der Waals surface area contributed by atoms with E-state index in [9.17, 15) is 18.0 Å². The van der Waals surface area contributed by atoms with Crippen LogP contribution in [0.3, 0.4) is 0 Å². The standard InChI is InChI=1S/C8H11F3INO3PS/c9-8(10,11)7(15)13-5-1-4(3-14)6(2-5)16-18(12)17/h4-6,14H,1-3H2,(H,13,15)/q-1/t4-,5-,6+/m1/s1. The third kappa shape index (κ3) is 4.99. The van der Waals surface area contributed by atoms with Crippen LogP contribution in [-0.4, -0.2) is 35.9 Å². The molecule has 4 nitrogen and oxygen atoms in total. The summed E-state index contributed by atoms with van der Waals surface area (Å²) in [6.45, 7) is -0.190. The molecule has 10 heteroatoms. The van der Waals surface area contributed by atoms with Gasteiger partial charge in [-0.05, 0) is 0 Å². The average molecular weight is 416 g/mol. The van der Waals surface area contributed by atoms with Gasteiger partial charge in [-0.2, -0.15) is 0 Å². The molecule has 0 heterocycles. The van der Waals surface area contributed by atoms with Crippen molar-refractivity contribution in [3.63, 3.8) is 0 Å². The second kappa shape index (κ2) is 6.92. The number of carbonyl (C=O) groups excluding carboxylic acids is 1. The van der Waals surface area contributed by atoms with E-state index in [1.807, 2.05) is 26.5 Å². The summed E-state index contributed by atoms with van der Waals surface area (Å²) in [5.41, 5.74) is 0. The minimum atomic E-state index is -4.88. The topological polar surface area (TPSA) is 58.6 Å². The fourth-order valence-electron chi connectivity index (χ4n) is 1.88. The normalized spacial score (nSPS) is 28.6. The van der Waals surface area contributed by atoms with Crippen LogP contribution < -0.4 is 5.32 Å². The zero-order valence-corrected chi connectivity index (χ0v) is 12.9. The summed E-state index contributed by atoms with van der Waals surface area (Å²) in [4.78, 5) is 10.8. The maximum absolute atomic E-state index is 12.1. The zero-order valence-electron chi connectivity index (χ0n) is 8.98. The fraction of sp³-hybridized carbons (Fsp3) is 0.875. The van der Waals surface area contributed by atoms with Crippen LogP contribution >= 0.6 is 29.0 Å². The summed E-state index contributed by atoms with van der Waals surface area (Å²) in [6, 6.07) is -0.630. The average Bonchev–Trinajstić information content (AvgIpc) is 2.57. The number of hydrogen-bond acceptors (Lipinski definition) is 4. The first-order chi connectivity index (χ1) is 8.24. The van der Waals surface area contributed by atoms with E-state index in [0.717, 1.165) is 0 Å². The molecule has 1 rings (SSSR count). The zero-order chi connectivity index (χ0) is 13.9. The molecule has 0 spiro atoms. The van der Waals surface area contributed by atoms with Gasteiger partial charge in [-0.15, -0.1) is 0 Å². The van der Waals surface area contributed by atoms with Crippen LogP contribution in [0.4, 0.5) is 13.2 Å². The SMILES string of the molecule is O=C(N[C@@H]1C[C@H](CO)[C@@H](O[S-](#P)I)C1)C(F)(F)F. The van der Waals surface area contributed by atoms with E-state index in [4.69, 9.17) is 9.29 Å². The molecule has 1 fully saturated rings. The molecule has 0 unspecified atom stereocenters. The molecule has 0 aromatic rings. The number of halogens is 4. The molecule has 0 aliphatic heterocycles. The summed E-state index contributed by atoms with van der Waals surface area (Å²) in [7, 11) is 3.39. The molecule has 1 saturated carbocycles. The molecule has 0 radical (unpaired) electrons. The Balaban J connectivity index is 2.57. The third-order valence-electron chi connectivity index (χ3n) is 2.66. The van der Waals surface area contributed by atoms with Crippen LogP contribution in [-0.2, 0) is 16.3 Å². The summed E-state index contributed by atoms with van der Waals surface area (Å²) < 4.78 is 41.7. The van der Waals surface area contributed by atoms with Gasteiger partial charge in [0.2, 0.25) is 0 Å². The van der Waals surface area contributed by atoms with Gasteiger partial charge in [0.05, 0.1) is 0 Å². The molecule has 0 aromatic heterocycles. The molecule has 0 bridgehead atoms. The summed E-state index contributed by atoms with van der Waals surface area (Å²) in [5.74, 6) is -2.23. The third-order valence-corrected chi connectivity index (χ3v) is 3.95. The van der Waals surface area contributed by atoms with Gasteiger partial charge in [0.15, 0.2) is 0 Å². The van der Waals surface area contributed by atoms with Crippen LogP contribution in [0.1, 0.15) is 12.8 Å². The van der Waals surface area contributed by atoms with Gasteiger partial charge >= 0.3 is 119 Å². The van der Waals surface area contributed by atoms with E-state index in [0.29, 0.717) is 0 Å². The second-order valence-corrected chi connectivity index (χ2v) is 10.0.